The summed E-state index contributed by atoms with van der Waals surface area (Å²) in [6, 6.07) is 84.5. The second kappa shape index (κ2) is 16.6. The zero-order valence-corrected chi connectivity index (χ0v) is 43.2. The largest absolute Gasteiger partial charge is 0.310 e. The summed E-state index contributed by atoms with van der Waals surface area (Å²) in [7, 11) is 0. The number of hydrogen-bond acceptors (Lipinski definition) is 1. The maximum Gasteiger partial charge on any atom is 0.0722 e. The highest BCUT2D eigenvalue weighted by atomic mass is 15.1. The molecule has 4 aliphatic carbocycles. The molecule has 1 nitrogen and oxygen atoms in total. The van der Waals surface area contributed by atoms with Gasteiger partial charge in [-0.2, -0.15) is 0 Å². The first kappa shape index (κ1) is 44.9. The molecular weight excluding hydrogens is 903 g/mol. The molecule has 0 N–H and O–H groups in total. The van der Waals surface area contributed by atoms with E-state index in [9.17, 15) is 0 Å². The molecule has 0 saturated heterocycles. The predicted molar refractivity (Wildman–Crippen MR) is 316 cm³/mol. The molecule has 0 fully saturated rings. The van der Waals surface area contributed by atoms with Crippen LogP contribution in [0.3, 0.4) is 0 Å². The zero-order valence-electron chi connectivity index (χ0n) is 43.2. The highest BCUT2D eigenvalue weighted by Crippen LogP contribution is 2.65. The van der Waals surface area contributed by atoms with Gasteiger partial charge in [-0.15, -0.1) is 0 Å². The molecule has 1 spiro atoms. The molecule has 0 bridgehead atoms. The van der Waals surface area contributed by atoms with Gasteiger partial charge in [0.05, 0.1) is 5.41 Å². The van der Waals surface area contributed by atoms with Gasteiger partial charge < -0.3 is 4.90 Å². The van der Waals surface area contributed by atoms with Crippen LogP contribution < -0.4 is 4.90 Å². The van der Waals surface area contributed by atoms with E-state index in [0.29, 0.717) is 0 Å². The molecule has 0 heterocycles. The Morgan fingerprint density at radius 2 is 0.813 bits per heavy atom. The molecule has 1 unspecified atom stereocenters. The van der Waals surface area contributed by atoms with Gasteiger partial charge in [0.15, 0.2) is 0 Å². The molecule has 1 heteroatoms. The predicted octanol–water partition coefficient (Wildman–Crippen LogP) is 19.6. The molecule has 0 aliphatic heterocycles. The van der Waals surface area contributed by atoms with Crippen LogP contribution in [0.15, 0.2) is 255 Å². The fraction of sp³-hybridized carbons (Fsp3) is 0.108. The zero-order chi connectivity index (χ0) is 50.8. The smallest absolute Gasteiger partial charge is 0.0722 e. The van der Waals surface area contributed by atoms with E-state index >= 15 is 0 Å². The van der Waals surface area contributed by atoms with Crippen LogP contribution >= 0.6 is 0 Å². The Hall–Kier alpha value is -8.78. The first-order valence-electron chi connectivity index (χ1n) is 26.6. The summed E-state index contributed by atoms with van der Waals surface area (Å²) in [6.45, 7) is 15.8. The topological polar surface area (TPSA) is 3.24 Å². The SMILES string of the molecule is C=C/C=C1\C(=C/C)C2(c3ccccc31)c1ccccc1-c1c(-c3cccc(N(c4ccc(-c5ccc6c(c5)C(C)(C)c5ccccc5-6)cc4)c4ccc(-c5cccc6c5-c5ccccc5C6(C)C)cc4)c3)cccc12. The summed E-state index contributed by atoms with van der Waals surface area (Å²) in [4.78, 5) is 2.43. The summed E-state index contributed by atoms with van der Waals surface area (Å²) in [5.41, 5.74) is 31.3. The first-order chi connectivity index (χ1) is 36.6. The Labute approximate surface area is 442 Å². The molecule has 75 heavy (non-hydrogen) atoms. The normalized spacial score (nSPS) is 17.5. The molecule has 0 aromatic heterocycles. The summed E-state index contributed by atoms with van der Waals surface area (Å²) in [6.07, 6.45) is 6.46. The van der Waals surface area contributed by atoms with Gasteiger partial charge in [-0.3, -0.25) is 0 Å². The number of hydrogen-bond donors (Lipinski definition) is 0. The van der Waals surface area contributed by atoms with Crippen molar-refractivity contribution in [2.24, 2.45) is 0 Å². The van der Waals surface area contributed by atoms with Crippen LogP contribution in [0.2, 0.25) is 0 Å². The lowest BCUT2D eigenvalue weighted by Crippen LogP contribution is -2.25. The standard InChI is InChI=1S/C74H57N/c1-7-20-56-58-24-10-15-31-65(58)74(62(56)8-2)66-32-16-12-26-61(66)71-55(28-19-34-68(71)74)50-21-17-22-53(45-50)75(51-40-35-47(36-41-51)49-39-44-59-57-23-9-13-29-63(57)73(5,6)69(59)46-49)52-42-37-48(38-43-52)54-27-18-33-67-70(54)60-25-11-14-30-64(60)72(67,3)4/h7-46H,1H2,2-6H3/b56-20-,62-8+. The van der Waals surface area contributed by atoms with E-state index in [1.807, 2.05) is 6.08 Å². The van der Waals surface area contributed by atoms with E-state index in [2.05, 4.69) is 283 Å². The van der Waals surface area contributed by atoms with Crippen molar-refractivity contribution in [2.45, 2.75) is 50.9 Å². The van der Waals surface area contributed by atoms with Crippen LogP contribution in [0.4, 0.5) is 17.1 Å². The third-order valence-corrected chi connectivity index (χ3v) is 17.5. The van der Waals surface area contributed by atoms with E-state index in [-0.39, 0.29) is 10.8 Å². The fourth-order valence-electron chi connectivity index (χ4n) is 14.1. The van der Waals surface area contributed by atoms with Gasteiger partial charge >= 0.3 is 0 Å². The Morgan fingerprint density at radius 1 is 0.347 bits per heavy atom. The van der Waals surface area contributed by atoms with Crippen molar-refractivity contribution in [1.82, 2.24) is 0 Å². The van der Waals surface area contributed by atoms with E-state index in [0.717, 1.165) is 17.1 Å². The number of anilines is 3. The molecule has 358 valence electrons. The molecule has 4 aliphatic rings. The molecule has 0 amide bonds. The second-order valence-electron chi connectivity index (χ2n) is 21.9. The summed E-state index contributed by atoms with van der Waals surface area (Å²) in [5, 5.41) is 0. The van der Waals surface area contributed by atoms with Crippen molar-refractivity contribution < 1.29 is 0 Å². The maximum absolute atomic E-state index is 4.16. The van der Waals surface area contributed by atoms with Crippen molar-refractivity contribution in [3.05, 3.63) is 299 Å². The minimum absolute atomic E-state index is 0.0690. The fourth-order valence-corrected chi connectivity index (χ4v) is 14.1. The van der Waals surface area contributed by atoms with Crippen LogP contribution in [0.5, 0.6) is 0 Å². The van der Waals surface area contributed by atoms with Crippen molar-refractivity contribution in [1.29, 1.82) is 0 Å². The molecular formula is C74H57N. The average molecular weight is 960 g/mol. The summed E-state index contributed by atoms with van der Waals surface area (Å²) >= 11 is 0. The van der Waals surface area contributed by atoms with Gasteiger partial charge in [0.25, 0.3) is 0 Å². The molecule has 10 aromatic carbocycles. The third-order valence-electron chi connectivity index (χ3n) is 17.5. The molecule has 0 radical (unpaired) electrons. The minimum atomic E-state index is -0.454. The molecule has 14 rings (SSSR count). The van der Waals surface area contributed by atoms with E-state index in [1.54, 1.807) is 0 Å². The van der Waals surface area contributed by atoms with Crippen molar-refractivity contribution in [3.8, 4) is 66.8 Å². The number of fused-ring (bicyclic) bond motifs is 13. The summed E-state index contributed by atoms with van der Waals surface area (Å²) in [5.74, 6) is 0. The average Bonchev–Trinajstić information content (AvgIpc) is 4.23. The third kappa shape index (κ3) is 6.31. The van der Waals surface area contributed by atoms with Gasteiger partial charge in [0, 0.05) is 27.9 Å². The molecule has 0 saturated carbocycles. The Morgan fingerprint density at radius 3 is 1.48 bits per heavy atom. The maximum atomic E-state index is 4.16. The van der Waals surface area contributed by atoms with Crippen molar-refractivity contribution >= 4 is 22.6 Å². The highest BCUT2D eigenvalue weighted by Gasteiger charge is 2.53. The number of rotatable bonds is 7. The Bertz CT molecular complexity index is 4080. The van der Waals surface area contributed by atoms with Crippen LogP contribution in [0.1, 0.15) is 79.1 Å². The highest BCUT2D eigenvalue weighted by molar-refractivity contribution is 6.04. The number of allylic oxidation sites excluding steroid dienone is 5. The monoisotopic (exact) mass is 959 g/mol. The lowest BCUT2D eigenvalue weighted by molar-refractivity contribution is 0.660. The van der Waals surface area contributed by atoms with Crippen LogP contribution in [-0.2, 0) is 16.2 Å². The van der Waals surface area contributed by atoms with E-state index < -0.39 is 5.41 Å². The van der Waals surface area contributed by atoms with Gasteiger partial charge in [-0.1, -0.05) is 234 Å². The lowest BCUT2D eigenvalue weighted by Gasteiger charge is -2.31. The number of benzene rings is 10. The van der Waals surface area contributed by atoms with Gasteiger partial charge in [-0.25, -0.2) is 0 Å². The van der Waals surface area contributed by atoms with Gasteiger partial charge in [0.1, 0.15) is 0 Å². The van der Waals surface area contributed by atoms with Crippen LogP contribution in [0, 0.1) is 0 Å². The van der Waals surface area contributed by atoms with Crippen molar-refractivity contribution in [2.75, 3.05) is 4.90 Å². The first-order valence-corrected chi connectivity index (χ1v) is 26.6. The van der Waals surface area contributed by atoms with Gasteiger partial charge in [0.2, 0.25) is 0 Å². The lowest BCUT2D eigenvalue weighted by atomic mass is 9.70. The molecule has 10 aromatic rings. The minimum Gasteiger partial charge on any atom is -0.310 e. The Kier molecular flexibility index (Phi) is 9.95. The quantitative estimate of drug-likeness (QED) is 0.154. The van der Waals surface area contributed by atoms with Crippen LogP contribution in [0.25, 0.3) is 72.3 Å². The van der Waals surface area contributed by atoms with E-state index in [4.69, 9.17) is 0 Å². The second-order valence-corrected chi connectivity index (χ2v) is 21.9. The van der Waals surface area contributed by atoms with Crippen LogP contribution in [-0.4, -0.2) is 0 Å². The Balaban J connectivity index is 0.908. The number of nitrogens with zero attached hydrogens (tertiary/aromatic N) is 1. The summed E-state index contributed by atoms with van der Waals surface area (Å²) < 4.78 is 0. The van der Waals surface area contributed by atoms with Gasteiger partial charge in [-0.05, 0) is 172 Å². The van der Waals surface area contributed by atoms with Crippen molar-refractivity contribution in [3.63, 3.8) is 0 Å². The van der Waals surface area contributed by atoms with E-state index in [1.165, 1.54) is 122 Å². The molecule has 1 atom stereocenters.